The number of hydrogen-bond acceptors (Lipinski definition) is 5. The van der Waals surface area contributed by atoms with E-state index in [1.165, 1.54) is 49.0 Å². The summed E-state index contributed by atoms with van der Waals surface area (Å²) in [5.41, 5.74) is 4.22. The molecule has 2 aliphatic heterocycles. The van der Waals surface area contributed by atoms with Gasteiger partial charge in [-0.05, 0) is 48.4 Å². The van der Waals surface area contributed by atoms with Crippen LogP contribution in [-0.2, 0) is 24.1 Å². The summed E-state index contributed by atoms with van der Waals surface area (Å²) < 4.78 is 7.32. The van der Waals surface area contributed by atoms with Crippen LogP contribution in [0.5, 0.6) is 5.88 Å². The minimum absolute atomic E-state index is 0.291. The van der Waals surface area contributed by atoms with Crippen molar-refractivity contribution in [3.63, 3.8) is 0 Å². The molecular formula is C26H32N4O2. The third-order valence-electron chi connectivity index (χ3n) is 7.79. The monoisotopic (exact) mass is 432 g/mol. The standard InChI is InChI=1S/C26H32N4O2/c1-32-23-16-29(17-23)25-12-21-15-30(26(31)24(21)13-27-25)14-18-5-6-19-7-9-28(22-3-2-4-22)10-8-20(19)11-18/h5-6,11-13,15,22-23,31H,2-4,7-10,14,16-17H2,1H3. The Labute approximate surface area is 189 Å². The van der Waals surface area contributed by atoms with Crippen molar-refractivity contribution < 1.29 is 9.84 Å². The largest absolute Gasteiger partial charge is 0.494 e. The second-order valence-electron chi connectivity index (χ2n) is 9.70. The van der Waals surface area contributed by atoms with Gasteiger partial charge in [0.1, 0.15) is 5.82 Å². The Hall–Kier alpha value is -2.57. The highest BCUT2D eigenvalue weighted by Gasteiger charge is 2.28. The maximum Gasteiger partial charge on any atom is 0.200 e. The summed E-state index contributed by atoms with van der Waals surface area (Å²) in [7, 11) is 1.75. The average Bonchev–Trinajstić information content (AvgIpc) is 2.90. The molecule has 0 amide bonds. The van der Waals surface area contributed by atoms with Crippen LogP contribution in [0.25, 0.3) is 10.8 Å². The molecule has 0 radical (unpaired) electrons. The van der Waals surface area contributed by atoms with Crippen LogP contribution in [0.1, 0.15) is 36.0 Å². The van der Waals surface area contributed by atoms with Gasteiger partial charge in [-0.1, -0.05) is 24.6 Å². The minimum atomic E-state index is 0.291. The molecule has 0 bridgehead atoms. The molecule has 6 rings (SSSR count). The van der Waals surface area contributed by atoms with Crippen molar-refractivity contribution in [2.45, 2.75) is 50.8 Å². The predicted molar refractivity (Wildman–Crippen MR) is 127 cm³/mol. The first-order valence-corrected chi connectivity index (χ1v) is 12.0. The Bertz CT molecular complexity index is 1130. The Balaban J connectivity index is 1.20. The van der Waals surface area contributed by atoms with Crippen molar-refractivity contribution in [3.05, 3.63) is 53.3 Å². The number of rotatable bonds is 5. The molecule has 2 fully saturated rings. The molecule has 0 unspecified atom stereocenters. The van der Waals surface area contributed by atoms with Crippen LogP contribution < -0.4 is 4.90 Å². The molecule has 4 heterocycles. The van der Waals surface area contributed by atoms with Gasteiger partial charge in [-0.2, -0.15) is 0 Å². The first-order chi connectivity index (χ1) is 15.7. The number of hydrogen-bond donors (Lipinski definition) is 1. The van der Waals surface area contributed by atoms with Crippen LogP contribution in [-0.4, -0.2) is 65.0 Å². The topological polar surface area (TPSA) is 53.8 Å². The van der Waals surface area contributed by atoms with Crippen molar-refractivity contribution in [1.82, 2.24) is 14.5 Å². The predicted octanol–water partition coefficient (Wildman–Crippen LogP) is 3.58. The van der Waals surface area contributed by atoms with Crippen LogP contribution in [0.15, 0.2) is 36.7 Å². The molecular weight excluding hydrogens is 400 g/mol. The van der Waals surface area contributed by atoms with E-state index in [2.05, 4.69) is 39.0 Å². The number of aromatic hydroxyl groups is 1. The van der Waals surface area contributed by atoms with Gasteiger partial charge >= 0.3 is 0 Å². The second-order valence-corrected chi connectivity index (χ2v) is 9.70. The van der Waals surface area contributed by atoms with Crippen molar-refractivity contribution in [1.29, 1.82) is 0 Å². The van der Waals surface area contributed by atoms with Crippen molar-refractivity contribution in [3.8, 4) is 5.88 Å². The van der Waals surface area contributed by atoms with E-state index in [9.17, 15) is 5.11 Å². The maximum absolute atomic E-state index is 10.8. The molecule has 0 atom stereocenters. The van der Waals surface area contributed by atoms with Crippen molar-refractivity contribution in [2.24, 2.45) is 0 Å². The molecule has 1 aliphatic carbocycles. The van der Waals surface area contributed by atoms with E-state index in [1.807, 2.05) is 10.8 Å². The zero-order valence-corrected chi connectivity index (χ0v) is 18.8. The molecule has 32 heavy (non-hydrogen) atoms. The smallest absolute Gasteiger partial charge is 0.200 e. The van der Waals surface area contributed by atoms with E-state index in [0.29, 0.717) is 18.5 Å². The van der Waals surface area contributed by atoms with Gasteiger partial charge in [-0.25, -0.2) is 4.98 Å². The van der Waals surface area contributed by atoms with Gasteiger partial charge in [0.25, 0.3) is 0 Å². The van der Waals surface area contributed by atoms with Gasteiger partial charge in [0.05, 0.1) is 18.0 Å². The van der Waals surface area contributed by atoms with E-state index in [4.69, 9.17) is 4.74 Å². The number of aromatic nitrogens is 2. The molecule has 1 N–H and O–H groups in total. The molecule has 3 aliphatic rings. The lowest BCUT2D eigenvalue weighted by atomic mass is 9.91. The van der Waals surface area contributed by atoms with E-state index < -0.39 is 0 Å². The highest BCUT2D eigenvalue weighted by Crippen LogP contribution is 2.32. The van der Waals surface area contributed by atoms with Gasteiger partial charge in [0, 0.05) is 57.1 Å². The van der Waals surface area contributed by atoms with Crippen LogP contribution in [0.3, 0.4) is 0 Å². The van der Waals surface area contributed by atoms with E-state index >= 15 is 0 Å². The highest BCUT2D eigenvalue weighted by molar-refractivity contribution is 5.89. The van der Waals surface area contributed by atoms with Gasteiger partial charge in [0.2, 0.25) is 5.88 Å². The number of ether oxygens (including phenoxy) is 1. The Kier molecular flexibility index (Phi) is 5.07. The van der Waals surface area contributed by atoms with Gasteiger partial charge < -0.3 is 19.3 Å². The van der Waals surface area contributed by atoms with Gasteiger partial charge in [-0.3, -0.25) is 4.90 Å². The Morgan fingerprint density at radius 1 is 1.09 bits per heavy atom. The minimum Gasteiger partial charge on any atom is -0.494 e. The Morgan fingerprint density at radius 3 is 2.66 bits per heavy atom. The SMILES string of the molecule is COC1CN(c2cc3cn(Cc4ccc5c(c4)CCN(C4CCC4)CC5)c(O)c3cn2)C1. The summed E-state index contributed by atoms with van der Waals surface area (Å²) in [6.45, 7) is 4.78. The van der Waals surface area contributed by atoms with E-state index in [1.54, 1.807) is 13.3 Å². The molecule has 3 aromatic rings. The molecule has 1 saturated carbocycles. The second kappa shape index (κ2) is 8.09. The van der Waals surface area contributed by atoms with E-state index in [-0.39, 0.29) is 0 Å². The van der Waals surface area contributed by atoms with Gasteiger partial charge in [0.15, 0.2) is 0 Å². The normalized spacial score (nSPS) is 20.1. The number of methoxy groups -OCH3 is 1. The zero-order chi connectivity index (χ0) is 21.7. The molecule has 1 saturated heterocycles. The summed E-state index contributed by atoms with van der Waals surface area (Å²) in [6.07, 6.45) is 10.6. The third kappa shape index (κ3) is 3.55. The first kappa shape index (κ1) is 20.1. The molecule has 1 aromatic carbocycles. The van der Waals surface area contributed by atoms with Crippen molar-refractivity contribution >= 4 is 16.6 Å². The number of benzene rings is 1. The van der Waals surface area contributed by atoms with Crippen LogP contribution >= 0.6 is 0 Å². The molecule has 168 valence electrons. The lowest BCUT2D eigenvalue weighted by Gasteiger charge is -2.38. The molecule has 0 spiro atoms. The quantitative estimate of drug-likeness (QED) is 0.668. The van der Waals surface area contributed by atoms with Crippen LogP contribution in [0.4, 0.5) is 5.82 Å². The van der Waals surface area contributed by atoms with Gasteiger partial charge in [-0.15, -0.1) is 0 Å². The van der Waals surface area contributed by atoms with Crippen LogP contribution in [0, 0.1) is 0 Å². The summed E-state index contributed by atoms with van der Waals surface area (Å²) in [6, 6.07) is 9.80. The summed E-state index contributed by atoms with van der Waals surface area (Å²) in [4.78, 5) is 9.48. The lowest BCUT2D eigenvalue weighted by Crippen LogP contribution is -2.52. The molecule has 2 aromatic heterocycles. The fraction of sp³-hybridized carbons (Fsp3) is 0.500. The summed E-state index contributed by atoms with van der Waals surface area (Å²) in [5.74, 6) is 1.24. The van der Waals surface area contributed by atoms with E-state index in [0.717, 1.165) is 48.6 Å². The maximum atomic E-state index is 10.8. The Morgan fingerprint density at radius 2 is 1.91 bits per heavy atom. The average molecular weight is 433 g/mol. The number of fused-ring (bicyclic) bond motifs is 2. The van der Waals surface area contributed by atoms with Crippen LogP contribution in [0.2, 0.25) is 0 Å². The highest BCUT2D eigenvalue weighted by atomic mass is 16.5. The zero-order valence-electron chi connectivity index (χ0n) is 18.8. The summed E-state index contributed by atoms with van der Waals surface area (Å²) in [5, 5.41) is 12.7. The number of nitrogens with zero attached hydrogens (tertiary/aromatic N) is 4. The first-order valence-electron chi connectivity index (χ1n) is 12.0. The van der Waals surface area contributed by atoms with Crippen molar-refractivity contribution in [2.75, 3.05) is 38.2 Å². The molecule has 6 heteroatoms. The fourth-order valence-electron chi connectivity index (χ4n) is 5.41. The molecule has 6 nitrogen and oxygen atoms in total. The lowest BCUT2D eigenvalue weighted by molar-refractivity contribution is 0.0783. The number of anilines is 1. The fourth-order valence-corrected chi connectivity index (χ4v) is 5.41. The third-order valence-corrected chi connectivity index (χ3v) is 7.79. The number of pyridine rings is 1. The summed E-state index contributed by atoms with van der Waals surface area (Å²) >= 11 is 0.